The second-order valence-electron chi connectivity index (χ2n) is 7.41. The number of hydrogen-bond donors (Lipinski definition) is 0. The van der Waals surface area contributed by atoms with Gasteiger partial charge in [-0.2, -0.15) is 0 Å². The Balaban J connectivity index is 1.53. The van der Waals surface area contributed by atoms with Gasteiger partial charge < -0.3 is 9.80 Å². The summed E-state index contributed by atoms with van der Waals surface area (Å²) >= 11 is 7.49. The molecule has 1 aromatic heterocycles. The average Bonchev–Trinajstić information content (AvgIpc) is 3.12. The Hall–Kier alpha value is -2.37. The summed E-state index contributed by atoms with van der Waals surface area (Å²) in [5.41, 5.74) is 0.881. The van der Waals surface area contributed by atoms with Crippen molar-refractivity contribution in [3.05, 3.63) is 70.1 Å². The van der Waals surface area contributed by atoms with Crippen molar-refractivity contribution in [2.45, 2.75) is 25.4 Å². The maximum absolute atomic E-state index is 13.2. The number of halogens is 1. The van der Waals surface area contributed by atoms with Crippen LogP contribution in [0, 0.1) is 0 Å². The first-order valence-electron chi connectivity index (χ1n) is 9.18. The van der Waals surface area contributed by atoms with Crippen LogP contribution in [0.1, 0.15) is 29.3 Å². The molecule has 2 heterocycles. The summed E-state index contributed by atoms with van der Waals surface area (Å²) in [6, 6.07) is 15.3. The SMILES string of the molecule is CN(Cc1ccc(Cl)cc1)C(=O)C1(C)CCN1C(=O)c1csc2ccccc12. The third kappa shape index (κ3) is 3.19. The Morgan fingerprint density at radius 2 is 1.89 bits per heavy atom. The molecule has 1 aliphatic rings. The van der Waals surface area contributed by atoms with E-state index >= 15 is 0 Å². The van der Waals surface area contributed by atoms with E-state index in [0.717, 1.165) is 15.6 Å². The van der Waals surface area contributed by atoms with Gasteiger partial charge in [-0.25, -0.2) is 0 Å². The lowest BCUT2D eigenvalue weighted by Gasteiger charge is -2.50. The third-order valence-corrected chi connectivity index (χ3v) is 6.73. The van der Waals surface area contributed by atoms with E-state index < -0.39 is 5.54 Å². The van der Waals surface area contributed by atoms with Crippen molar-refractivity contribution < 1.29 is 9.59 Å². The molecule has 1 unspecified atom stereocenters. The van der Waals surface area contributed by atoms with E-state index in [4.69, 9.17) is 11.6 Å². The molecule has 1 aliphatic heterocycles. The molecule has 4 nitrogen and oxygen atoms in total. The molecule has 28 heavy (non-hydrogen) atoms. The number of likely N-dealkylation sites (tertiary alicyclic amines) is 1. The molecule has 3 aromatic rings. The Morgan fingerprint density at radius 3 is 2.57 bits per heavy atom. The maximum atomic E-state index is 13.2. The van der Waals surface area contributed by atoms with Gasteiger partial charge in [0.25, 0.3) is 5.91 Å². The van der Waals surface area contributed by atoms with Crippen molar-refractivity contribution >= 4 is 44.8 Å². The molecular weight excluding hydrogens is 392 g/mol. The number of carbonyl (C=O) groups excluding carboxylic acids is 2. The summed E-state index contributed by atoms with van der Waals surface area (Å²) in [7, 11) is 1.78. The highest BCUT2D eigenvalue weighted by molar-refractivity contribution is 7.17. The minimum absolute atomic E-state index is 0.0402. The fourth-order valence-corrected chi connectivity index (χ4v) is 4.80. The van der Waals surface area contributed by atoms with E-state index in [1.54, 1.807) is 28.2 Å². The predicted octanol–water partition coefficient (Wildman–Crippen LogP) is 4.82. The lowest BCUT2D eigenvalue weighted by atomic mass is 9.84. The highest BCUT2D eigenvalue weighted by Crippen LogP contribution is 2.36. The number of thiophene rings is 1. The molecule has 0 bridgehead atoms. The van der Waals surface area contributed by atoms with Gasteiger partial charge in [-0.3, -0.25) is 9.59 Å². The largest absolute Gasteiger partial charge is 0.339 e. The second-order valence-corrected chi connectivity index (χ2v) is 8.76. The normalized spacial score (nSPS) is 18.8. The van der Waals surface area contributed by atoms with Gasteiger partial charge in [0.05, 0.1) is 5.56 Å². The van der Waals surface area contributed by atoms with E-state index in [2.05, 4.69) is 0 Å². The van der Waals surface area contributed by atoms with E-state index in [9.17, 15) is 9.59 Å². The predicted molar refractivity (Wildman–Crippen MR) is 114 cm³/mol. The molecule has 0 radical (unpaired) electrons. The molecule has 1 saturated heterocycles. The zero-order chi connectivity index (χ0) is 19.9. The Bertz CT molecular complexity index is 1050. The second kappa shape index (κ2) is 7.22. The van der Waals surface area contributed by atoms with Crippen LogP contribution in [-0.4, -0.2) is 40.7 Å². The quantitative estimate of drug-likeness (QED) is 0.616. The van der Waals surface area contributed by atoms with Gasteiger partial charge in [-0.05, 0) is 37.1 Å². The number of rotatable bonds is 4. The number of nitrogens with zero attached hydrogens (tertiary/aromatic N) is 2. The molecule has 6 heteroatoms. The smallest absolute Gasteiger partial charge is 0.256 e. The van der Waals surface area contributed by atoms with Crippen LogP contribution in [0.4, 0.5) is 0 Å². The summed E-state index contributed by atoms with van der Waals surface area (Å²) in [5, 5.41) is 3.52. The minimum atomic E-state index is -0.804. The standard InChI is InChI=1S/C22H21ClN2O2S/c1-22(21(27)24(2)13-15-7-9-16(23)10-8-15)11-12-25(22)20(26)18-14-28-19-6-4-3-5-17(18)19/h3-10,14H,11-13H2,1-2H3. The fraction of sp³-hybridized carbons (Fsp3) is 0.273. The molecule has 1 atom stereocenters. The monoisotopic (exact) mass is 412 g/mol. The minimum Gasteiger partial charge on any atom is -0.339 e. The Labute approximate surface area is 173 Å². The van der Waals surface area contributed by atoms with Crippen molar-refractivity contribution in [1.29, 1.82) is 0 Å². The van der Waals surface area contributed by atoms with E-state index in [0.29, 0.717) is 30.1 Å². The molecule has 0 saturated carbocycles. The summed E-state index contributed by atoms with van der Waals surface area (Å²) in [4.78, 5) is 29.8. The summed E-state index contributed by atoms with van der Waals surface area (Å²) in [5.74, 6) is -0.110. The number of fused-ring (bicyclic) bond motifs is 1. The first-order valence-corrected chi connectivity index (χ1v) is 10.4. The Kier molecular flexibility index (Phi) is 4.89. The van der Waals surface area contributed by atoms with Gasteiger partial charge >= 0.3 is 0 Å². The Morgan fingerprint density at radius 1 is 1.18 bits per heavy atom. The summed E-state index contributed by atoms with van der Waals surface area (Å²) in [6.07, 6.45) is 0.671. The van der Waals surface area contributed by atoms with Gasteiger partial charge in [0, 0.05) is 40.6 Å². The molecule has 0 spiro atoms. The molecule has 2 aromatic carbocycles. The van der Waals surface area contributed by atoms with E-state index in [-0.39, 0.29) is 11.8 Å². The van der Waals surface area contributed by atoms with Gasteiger partial charge in [-0.15, -0.1) is 11.3 Å². The maximum Gasteiger partial charge on any atom is 0.256 e. The number of benzene rings is 2. The summed E-state index contributed by atoms with van der Waals surface area (Å²) < 4.78 is 1.08. The molecule has 4 rings (SSSR count). The van der Waals surface area contributed by atoms with Gasteiger partial charge in [0.15, 0.2) is 0 Å². The first kappa shape index (κ1) is 19.0. The number of hydrogen-bond acceptors (Lipinski definition) is 3. The molecule has 0 aliphatic carbocycles. The zero-order valence-corrected chi connectivity index (χ0v) is 17.4. The highest BCUT2D eigenvalue weighted by Gasteiger charge is 2.51. The summed E-state index contributed by atoms with van der Waals surface area (Å²) in [6.45, 7) is 2.94. The van der Waals surface area contributed by atoms with E-state index in [1.807, 2.05) is 60.8 Å². The van der Waals surface area contributed by atoms with Crippen LogP contribution in [0.2, 0.25) is 5.02 Å². The number of carbonyl (C=O) groups is 2. The first-order chi connectivity index (χ1) is 13.4. The topological polar surface area (TPSA) is 40.6 Å². The van der Waals surface area contributed by atoms with Gasteiger partial charge in [0.2, 0.25) is 5.91 Å². The highest BCUT2D eigenvalue weighted by atomic mass is 35.5. The van der Waals surface area contributed by atoms with Crippen LogP contribution in [0.15, 0.2) is 53.9 Å². The lowest BCUT2D eigenvalue weighted by molar-refractivity contribution is -0.148. The van der Waals surface area contributed by atoms with Crippen molar-refractivity contribution in [2.24, 2.45) is 0 Å². The van der Waals surface area contributed by atoms with Crippen LogP contribution in [0.3, 0.4) is 0 Å². The van der Waals surface area contributed by atoms with Crippen LogP contribution < -0.4 is 0 Å². The number of likely N-dealkylation sites (N-methyl/N-ethyl adjacent to an activating group) is 1. The van der Waals surface area contributed by atoms with Crippen molar-refractivity contribution in [1.82, 2.24) is 9.80 Å². The van der Waals surface area contributed by atoms with Crippen molar-refractivity contribution in [2.75, 3.05) is 13.6 Å². The van der Waals surface area contributed by atoms with E-state index in [1.165, 1.54) is 0 Å². The van der Waals surface area contributed by atoms with Crippen LogP contribution >= 0.6 is 22.9 Å². The molecular formula is C22H21ClN2O2S. The lowest BCUT2D eigenvalue weighted by Crippen LogP contribution is -2.67. The zero-order valence-electron chi connectivity index (χ0n) is 15.8. The van der Waals surface area contributed by atoms with Crippen LogP contribution in [0.25, 0.3) is 10.1 Å². The molecule has 144 valence electrons. The molecule has 1 fully saturated rings. The van der Waals surface area contributed by atoms with Crippen molar-refractivity contribution in [3.8, 4) is 0 Å². The van der Waals surface area contributed by atoms with Gasteiger partial charge in [0.1, 0.15) is 5.54 Å². The third-order valence-electron chi connectivity index (χ3n) is 5.51. The fourth-order valence-electron chi connectivity index (χ4n) is 3.74. The molecule has 0 N–H and O–H groups in total. The average molecular weight is 413 g/mol. The molecule has 2 amide bonds. The van der Waals surface area contributed by atoms with Crippen LogP contribution in [-0.2, 0) is 11.3 Å². The van der Waals surface area contributed by atoms with Crippen LogP contribution in [0.5, 0.6) is 0 Å². The van der Waals surface area contributed by atoms with Crippen molar-refractivity contribution in [3.63, 3.8) is 0 Å². The number of amides is 2. The van der Waals surface area contributed by atoms with Gasteiger partial charge in [-0.1, -0.05) is 41.9 Å².